The normalized spacial score (nSPS) is 21.1. The molecule has 0 bridgehead atoms. The average Bonchev–Trinajstić information content (AvgIpc) is 2.74. The first kappa shape index (κ1) is 17.5. The minimum absolute atomic E-state index is 0.127. The van der Waals surface area contributed by atoms with Crippen LogP contribution in [0.1, 0.15) is 37.6 Å². The number of ether oxygens (including phenoxy) is 1. The molecule has 0 aliphatic carbocycles. The molecular formula is C19H26ClN3O. The highest BCUT2D eigenvalue weighted by atomic mass is 35.5. The Labute approximate surface area is 149 Å². The molecule has 1 aliphatic heterocycles. The Hall–Kier alpha value is -1.36. The Kier molecular flexibility index (Phi) is 5.00. The molecule has 0 amide bonds. The molecule has 24 heavy (non-hydrogen) atoms. The fourth-order valence-corrected chi connectivity index (χ4v) is 3.86. The van der Waals surface area contributed by atoms with Crippen LogP contribution in [0.15, 0.2) is 30.3 Å². The van der Waals surface area contributed by atoms with Gasteiger partial charge in [0.05, 0.1) is 23.9 Å². The first-order valence-electron chi connectivity index (χ1n) is 8.50. The van der Waals surface area contributed by atoms with Crippen molar-refractivity contribution >= 4 is 11.6 Å². The summed E-state index contributed by atoms with van der Waals surface area (Å²) in [5, 5.41) is 5.40. The summed E-state index contributed by atoms with van der Waals surface area (Å²) in [5.74, 6) is 0. The number of aromatic nitrogens is 2. The number of morpholine rings is 1. The Bertz CT molecular complexity index is 696. The highest BCUT2D eigenvalue weighted by molar-refractivity contribution is 6.30. The van der Waals surface area contributed by atoms with Crippen LogP contribution in [0.25, 0.3) is 0 Å². The van der Waals surface area contributed by atoms with Gasteiger partial charge in [0.25, 0.3) is 0 Å². The Balaban J connectivity index is 1.77. The van der Waals surface area contributed by atoms with Gasteiger partial charge in [0, 0.05) is 25.2 Å². The largest absolute Gasteiger partial charge is 0.370 e. The molecule has 0 N–H and O–H groups in total. The third kappa shape index (κ3) is 4.00. The topological polar surface area (TPSA) is 30.3 Å². The summed E-state index contributed by atoms with van der Waals surface area (Å²) >= 11 is 6.65. The summed E-state index contributed by atoms with van der Waals surface area (Å²) in [6, 6.07) is 10.3. The van der Waals surface area contributed by atoms with Crippen molar-refractivity contribution in [2.75, 3.05) is 13.1 Å². The number of hydrogen-bond acceptors (Lipinski definition) is 3. The Morgan fingerprint density at radius 1 is 1.25 bits per heavy atom. The monoisotopic (exact) mass is 347 g/mol. The maximum Gasteiger partial charge on any atom is 0.132 e. The highest BCUT2D eigenvalue weighted by Crippen LogP contribution is 2.26. The van der Waals surface area contributed by atoms with Gasteiger partial charge < -0.3 is 4.74 Å². The molecule has 3 rings (SSSR count). The minimum atomic E-state index is -0.127. The van der Waals surface area contributed by atoms with Crippen LogP contribution >= 0.6 is 11.6 Å². The van der Waals surface area contributed by atoms with E-state index >= 15 is 0 Å². The van der Waals surface area contributed by atoms with Gasteiger partial charge in [0.15, 0.2) is 0 Å². The number of rotatable bonds is 4. The molecule has 2 aromatic rings. The highest BCUT2D eigenvalue weighted by Gasteiger charge is 2.32. The number of aryl methyl sites for hydroxylation is 1. The second kappa shape index (κ2) is 6.87. The molecule has 0 unspecified atom stereocenters. The lowest BCUT2D eigenvalue weighted by Gasteiger charge is -2.41. The zero-order chi connectivity index (χ0) is 17.3. The van der Waals surface area contributed by atoms with Crippen LogP contribution in [0.4, 0.5) is 0 Å². The zero-order valence-corrected chi connectivity index (χ0v) is 15.7. The van der Waals surface area contributed by atoms with Gasteiger partial charge in [0.1, 0.15) is 5.15 Å². The smallest absolute Gasteiger partial charge is 0.132 e. The fourth-order valence-electron chi connectivity index (χ4n) is 3.56. The molecule has 1 saturated heterocycles. The summed E-state index contributed by atoms with van der Waals surface area (Å²) in [6.07, 6.45) is 0.229. The van der Waals surface area contributed by atoms with E-state index in [1.165, 1.54) is 5.56 Å². The maximum absolute atomic E-state index is 6.65. The van der Waals surface area contributed by atoms with E-state index in [0.29, 0.717) is 6.54 Å². The molecule has 1 aromatic carbocycles. The first-order valence-corrected chi connectivity index (χ1v) is 8.88. The predicted octanol–water partition coefficient (Wildman–Crippen LogP) is 3.89. The van der Waals surface area contributed by atoms with Gasteiger partial charge in [-0.2, -0.15) is 5.10 Å². The van der Waals surface area contributed by atoms with E-state index in [1.54, 1.807) is 0 Å². The molecule has 0 spiro atoms. The zero-order valence-electron chi connectivity index (χ0n) is 14.9. The van der Waals surface area contributed by atoms with Gasteiger partial charge in [-0.25, -0.2) is 4.68 Å². The van der Waals surface area contributed by atoms with Crippen molar-refractivity contribution in [1.82, 2.24) is 14.7 Å². The van der Waals surface area contributed by atoms with E-state index in [4.69, 9.17) is 16.3 Å². The van der Waals surface area contributed by atoms with Crippen LogP contribution in [0.3, 0.4) is 0 Å². The number of halogens is 1. The van der Waals surface area contributed by atoms with Crippen molar-refractivity contribution in [1.29, 1.82) is 0 Å². The van der Waals surface area contributed by atoms with E-state index in [0.717, 1.165) is 36.0 Å². The Morgan fingerprint density at radius 2 is 1.96 bits per heavy atom. The summed E-state index contributed by atoms with van der Waals surface area (Å²) in [6.45, 7) is 11.8. The lowest BCUT2D eigenvalue weighted by Crippen LogP contribution is -2.51. The molecule has 1 atom stereocenters. The van der Waals surface area contributed by atoms with Crippen molar-refractivity contribution in [3.8, 4) is 0 Å². The van der Waals surface area contributed by atoms with Gasteiger partial charge >= 0.3 is 0 Å². The molecule has 0 saturated carbocycles. The molecular weight excluding hydrogens is 322 g/mol. The van der Waals surface area contributed by atoms with Crippen molar-refractivity contribution in [3.05, 3.63) is 52.3 Å². The van der Waals surface area contributed by atoms with Crippen molar-refractivity contribution in [2.45, 2.75) is 52.5 Å². The average molecular weight is 348 g/mol. The summed E-state index contributed by atoms with van der Waals surface area (Å²) in [5.41, 5.74) is 3.21. The summed E-state index contributed by atoms with van der Waals surface area (Å²) in [7, 11) is 0. The van der Waals surface area contributed by atoms with Crippen LogP contribution in [0, 0.1) is 6.92 Å². The van der Waals surface area contributed by atoms with E-state index in [2.05, 4.69) is 42.9 Å². The molecule has 4 nitrogen and oxygen atoms in total. The van der Waals surface area contributed by atoms with Gasteiger partial charge in [-0.3, -0.25) is 4.90 Å². The molecule has 0 radical (unpaired) electrons. The van der Waals surface area contributed by atoms with Crippen LogP contribution < -0.4 is 0 Å². The number of benzene rings is 1. The lowest BCUT2D eigenvalue weighted by molar-refractivity contribution is -0.130. The molecule has 5 heteroatoms. The summed E-state index contributed by atoms with van der Waals surface area (Å²) < 4.78 is 7.89. The minimum Gasteiger partial charge on any atom is -0.370 e. The van der Waals surface area contributed by atoms with E-state index in [1.807, 2.05) is 29.8 Å². The second-order valence-electron chi connectivity index (χ2n) is 7.36. The van der Waals surface area contributed by atoms with Crippen molar-refractivity contribution in [3.63, 3.8) is 0 Å². The van der Waals surface area contributed by atoms with Gasteiger partial charge in [-0.15, -0.1) is 0 Å². The van der Waals surface area contributed by atoms with Crippen LogP contribution in [-0.2, 0) is 17.8 Å². The van der Waals surface area contributed by atoms with Gasteiger partial charge in [-0.1, -0.05) is 41.9 Å². The molecule has 2 heterocycles. The molecule has 1 aliphatic rings. The van der Waals surface area contributed by atoms with E-state index in [-0.39, 0.29) is 11.7 Å². The quantitative estimate of drug-likeness (QED) is 0.840. The Morgan fingerprint density at radius 3 is 2.62 bits per heavy atom. The number of nitrogens with zero attached hydrogens (tertiary/aromatic N) is 3. The second-order valence-corrected chi connectivity index (χ2v) is 7.71. The van der Waals surface area contributed by atoms with Crippen LogP contribution in [0.5, 0.6) is 0 Å². The fraction of sp³-hybridized carbons (Fsp3) is 0.526. The van der Waals surface area contributed by atoms with Gasteiger partial charge in [0.2, 0.25) is 0 Å². The lowest BCUT2D eigenvalue weighted by atomic mass is 10.0. The maximum atomic E-state index is 6.65. The van der Waals surface area contributed by atoms with E-state index in [9.17, 15) is 0 Å². The van der Waals surface area contributed by atoms with Crippen molar-refractivity contribution in [2.24, 2.45) is 0 Å². The third-order valence-corrected chi connectivity index (χ3v) is 4.80. The van der Waals surface area contributed by atoms with E-state index < -0.39 is 0 Å². The first-order chi connectivity index (χ1) is 11.3. The predicted molar refractivity (Wildman–Crippen MR) is 97.4 cm³/mol. The third-order valence-electron chi connectivity index (χ3n) is 4.38. The number of hydrogen-bond donors (Lipinski definition) is 0. The van der Waals surface area contributed by atoms with Crippen LogP contribution in [0.2, 0.25) is 5.15 Å². The van der Waals surface area contributed by atoms with Crippen LogP contribution in [-0.4, -0.2) is 39.5 Å². The van der Waals surface area contributed by atoms with Crippen molar-refractivity contribution < 1.29 is 4.74 Å². The molecule has 130 valence electrons. The SMILES string of the molecule is Cc1nn(Cc2ccccc2)c(Cl)c1CN1C[C@H](C)OC(C)(C)C1. The molecule has 1 fully saturated rings. The summed E-state index contributed by atoms with van der Waals surface area (Å²) in [4.78, 5) is 2.41. The standard InChI is InChI=1S/C19H26ClN3O/c1-14-10-22(13-19(3,4)24-14)12-17-15(2)21-23(18(17)20)11-16-8-6-5-7-9-16/h5-9,14H,10-13H2,1-4H3/t14-/m0/s1. The molecule has 1 aromatic heterocycles. The van der Waals surface area contributed by atoms with Gasteiger partial charge in [-0.05, 0) is 33.3 Å².